The molecular weight excluding hydrogens is 290 g/mol. The first-order valence-electron chi connectivity index (χ1n) is 8.75. The Morgan fingerprint density at radius 2 is 1.96 bits per heavy atom. The average molecular weight is 317 g/mol. The van der Waals surface area contributed by atoms with Crippen LogP contribution in [0.1, 0.15) is 50.0 Å². The summed E-state index contributed by atoms with van der Waals surface area (Å²) in [5, 5.41) is 11.0. The van der Waals surface area contributed by atoms with Crippen molar-refractivity contribution in [3.63, 3.8) is 0 Å². The Bertz CT molecular complexity index is 525. The minimum absolute atomic E-state index is 0.0579. The van der Waals surface area contributed by atoms with Crippen LogP contribution in [0.5, 0.6) is 0 Å². The van der Waals surface area contributed by atoms with Gasteiger partial charge < -0.3 is 14.7 Å². The lowest BCUT2D eigenvalue weighted by Crippen LogP contribution is -2.43. The topological polar surface area (TPSA) is 49.8 Å². The summed E-state index contributed by atoms with van der Waals surface area (Å²) in [5.74, 6) is -0.834. The van der Waals surface area contributed by atoms with Gasteiger partial charge in [0.1, 0.15) is 12.0 Å². The van der Waals surface area contributed by atoms with E-state index in [-0.39, 0.29) is 12.1 Å². The molecule has 0 bridgehead atoms. The first-order chi connectivity index (χ1) is 11.1. The van der Waals surface area contributed by atoms with E-state index in [4.69, 9.17) is 4.74 Å². The van der Waals surface area contributed by atoms with Crippen LogP contribution in [0.2, 0.25) is 0 Å². The highest BCUT2D eigenvalue weighted by atomic mass is 16.5. The Morgan fingerprint density at radius 3 is 2.61 bits per heavy atom. The normalized spacial score (nSPS) is 25.9. The minimum atomic E-state index is -0.959. The molecule has 3 rings (SSSR count). The molecule has 1 heterocycles. The number of carbonyl (C=O) groups is 1. The van der Waals surface area contributed by atoms with Crippen LogP contribution >= 0.6 is 0 Å². The molecule has 4 nitrogen and oxygen atoms in total. The number of likely N-dealkylation sites (tertiary alicyclic amines) is 1. The molecular formula is C19H27NO3. The van der Waals surface area contributed by atoms with Crippen molar-refractivity contribution in [2.24, 2.45) is 0 Å². The van der Waals surface area contributed by atoms with Crippen LogP contribution in [-0.4, -0.2) is 47.8 Å². The summed E-state index contributed by atoms with van der Waals surface area (Å²) in [5.41, 5.74) is -0.0926. The maximum atomic E-state index is 12.9. The Kier molecular flexibility index (Phi) is 5.02. The number of likely N-dealkylation sites (N-methyl/N-ethyl adjacent to an activating group) is 1. The highest BCUT2D eigenvalue weighted by molar-refractivity contribution is 5.80. The third-order valence-corrected chi connectivity index (χ3v) is 5.24. The van der Waals surface area contributed by atoms with Gasteiger partial charge in [-0.1, -0.05) is 43.2 Å². The molecule has 1 aromatic rings. The molecule has 0 radical (unpaired) electrons. The van der Waals surface area contributed by atoms with E-state index in [0.717, 1.165) is 44.3 Å². The van der Waals surface area contributed by atoms with Gasteiger partial charge in [0.25, 0.3) is 0 Å². The van der Waals surface area contributed by atoms with Gasteiger partial charge in [0.2, 0.25) is 0 Å². The van der Waals surface area contributed by atoms with Crippen LogP contribution in [0.15, 0.2) is 30.3 Å². The fraction of sp³-hybridized carbons (Fsp3) is 0.632. The Hall–Kier alpha value is -1.39. The van der Waals surface area contributed by atoms with Gasteiger partial charge in [-0.25, -0.2) is 0 Å². The van der Waals surface area contributed by atoms with Gasteiger partial charge in [-0.2, -0.15) is 0 Å². The van der Waals surface area contributed by atoms with Crippen LogP contribution in [-0.2, 0) is 9.53 Å². The first-order valence-corrected chi connectivity index (χ1v) is 8.75. The molecule has 1 N–H and O–H groups in total. The summed E-state index contributed by atoms with van der Waals surface area (Å²) in [6.45, 7) is 1.84. The van der Waals surface area contributed by atoms with Crippen LogP contribution in [0.4, 0.5) is 0 Å². The third-order valence-electron chi connectivity index (χ3n) is 5.24. The number of piperidine rings is 1. The zero-order valence-corrected chi connectivity index (χ0v) is 13.9. The second-order valence-corrected chi connectivity index (χ2v) is 7.12. The van der Waals surface area contributed by atoms with Gasteiger partial charge in [-0.15, -0.1) is 0 Å². The number of esters is 1. The molecule has 126 valence electrons. The molecule has 0 amide bonds. The van der Waals surface area contributed by atoms with Crippen molar-refractivity contribution in [1.82, 2.24) is 4.90 Å². The van der Waals surface area contributed by atoms with Gasteiger partial charge in [0.05, 0.1) is 5.60 Å². The second-order valence-electron chi connectivity index (χ2n) is 7.12. The summed E-state index contributed by atoms with van der Waals surface area (Å²) >= 11 is 0. The molecule has 1 aromatic carbocycles. The van der Waals surface area contributed by atoms with E-state index < -0.39 is 11.5 Å². The maximum absolute atomic E-state index is 12.9. The minimum Gasteiger partial charge on any atom is -0.460 e. The number of hydrogen-bond donors (Lipinski definition) is 1. The standard InChI is InChI=1S/C19H27NO3/c1-20-13-7-10-16(14-20)23-18(21)17(15-8-3-2-4-9-15)19(22)11-5-6-12-19/h2-4,8-9,16-17,22H,5-7,10-14H2,1H3. The third kappa shape index (κ3) is 3.75. The number of ether oxygens (including phenoxy) is 1. The van der Waals surface area contributed by atoms with E-state index in [0.29, 0.717) is 12.8 Å². The van der Waals surface area contributed by atoms with E-state index in [2.05, 4.69) is 11.9 Å². The van der Waals surface area contributed by atoms with Crippen molar-refractivity contribution in [1.29, 1.82) is 0 Å². The summed E-state index contributed by atoms with van der Waals surface area (Å²) in [6, 6.07) is 9.62. The maximum Gasteiger partial charge on any atom is 0.316 e. The van der Waals surface area contributed by atoms with Gasteiger partial charge in [0.15, 0.2) is 0 Å². The van der Waals surface area contributed by atoms with E-state index in [9.17, 15) is 9.90 Å². The summed E-state index contributed by atoms with van der Waals surface area (Å²) in [4.78, 5) is 15.1. The molecule has 0 spiro atoms. The number of aliphatic hydroxyl groups is 1. The highest BCUT2D eigenvalue weighted by Gasteiger charge is 2.45. The lowest BCUT2D eigenvalue weighted by Gasteiger charge is -2.34. The first kappa shape index (κ1) is 16.5. The van der Waals surface area contributed by atoms with E-state index in [1.54, 1.807) is 0 Å². The SMILES string of the molecule is CN1CCCC(OC(=O)C(c2ccccc2)C2(O)CCCC2)C1. The highest BCUT2D eigenvalue weighted by Crippen LogP contribution is 2.42. The Morgan fingerprint density at radius 1 is 1.26 bits per heavy atom. The molecule has 4 heteroatoms. The molecule has 1 saturated carbocycles. The molecule has 2 atom stereocenters. The van der Waals surface area contributed by atoms with Crippen molar-refractivity contribution in [2.45, 2.75) is 56.1 Å². The number of benzene rings is 1. The summed E-state index contributed by atoms with van der Waals surface area (Å²) in [6.07, 6.45) is 5.19. The van der Waals surface area contributed by atoms with Crippen LogP contribution in [0.25, 0.3) is 0 Å². The van der Waals surface area contributed by atoms with Crippen molar-refractivity contribution < 1.29 is 14.6 Å². The van der Waals surface area contributed by atoms with Crippen molar-refractivity contribution in [2.75, 3.05) is 20.1 Å². The van der Waals surface area contributed by atoms with Crippen molar-refractivity contribution in [3.05, 3.63) is 35.9 Å². The van der Waals surface area contributed by atoms with Gasteiger partial charge in [-0.05, 0) is 44.8 Å². The van der Waals surface area contributed by atoms with Crippen molar-refractivity contribution in [3.8, 4) is 0 Å². The van der Waals surface area contributed by atoms with E-state index in [1.165, 1.54) is 0 Å². The monoisotopic (exact) mass is 317 g/mol. The lowest BCUT2D eigenvalue weighted by atomic mass is 9.80. The van der Waals surface area contributed by atoms with E-state index >= 15 is 0 Å². The molecule has 1 saturated heterocycles. The zero-order valence-electron chi connectivity index (χ0n) is 13.9. The molecule has 23 heavy (non-hydrogen) atoms. The van der Waals surface area contributed by atoms with Gasteiger partial charge >= 0.3 is 5.97 Å². The van der Waals surface area contributed by atoms with Gasteiger partial charge in [-0.3, -0.25) is 4.79 Å². The number of nitrogens with zero attached hydrogens (tertiary/aromatic N) is 1. The van der Waals surface area contributed by atoms with Crippen LogP contribution in [0, 0.1) is 0 Å². The molecule has 1 aliphatic carbocycles. The quantitative estimate of drug-likeness (QED) is 0.868. The second kappa shape index (κ2) is 7.02. The predicted molar refractivity (Wildman–Crippen MR) is 89.2 cm³/mol. The Balaban J connectivity index is 1.79. The van der Waals surface area contributed by atoms with E-state index in [1.807, 2.05) is 30.3 Å². The number of carbonyl (C=O) groups excluding carboxylic acids is 1. The number of hydrogen-bond acceptors (Lipinski definition) is 4. The smallest absolute Gasteiger partial charge is 0.316 e. The molecule has 0 aromatic heterocycles. The zero-order chi connectivity index (χ0) is 16.3. The van der Waals surface area contributed by atoms with Crippen molar-refractivity contribution >= 4 is 5.97 Å². The lowest BCUT2D eigenvalue weighted by molar-refractivity contribution is -0.160. The van der Waals surface area contributed by atoms with Crippen LogP contribution < -0.4 is 0 Å². The molecule has 2 fully saturated rings. The fourth-order valence-electron chi connectivity index (χ4n) is 4.03. The molecule has 2 unspecified atom stereocenters. The Labute approximate surface area is 138 Å². The molecule has 1 aliphatic heterocycles. The molecule has 2 aliphatic rings. The predicted octanol–water partition coefficient (Wildman–Crippen LogP) is 2.71. The average Bonchev–Trinajstić information content (AvgIpc) is 2.95. The van der Waals surface area contributed by atoms with Gasteiger partial charge in [0, 0.05) is 6.54 Å². The van der Waals surface area contributed by atoms with Crippen LogP contribution in [0.3, 0.4) is 0 Å². The largest absolute Gasteiger partial charge is 0.460 e. The number of rotatable bonds is 4. The summed E-state index contributed by atoms with van der Waals surface area (Å²) < 4.78 is 5.82. The fourth-order valence-corrected chi connectivity index (χ4v) is 4.03. The summed E-state index contributed by atoms with van der Waals surface area (Å²) in [7, 11) is 2.05.